The minimum Gasteiger partial charge on any atom is -0.210 e. The van der Waals surface area contributed by atoms with Crippen molar-refractivity contribution in [1.29, 1.82) is 5.53 Å². The summed E-state index contributed by atoms with van der Waals surface area (Å²) in [5.41, 5.74) is 7.90. The van der Waals surface area contributed by atoms with Crippen LogP contribution in [0.5, 0.6) is 0 Å². The van der Waals surface area contributed by atoms with Gasteiger partial charge in [0.25, 0.3) is 0 Å². The molecular formula is C9H12N2S. The zero-order valence-electron chi connectivity index (χ0n) is 7.08. The molecule has 1 aromatic carbocycles. The summed E-state index contributed by atoms with van der Waals surface area (Å²) in [6.45, 7) is 2.69. The van der Waals surface area contributed by atoms with Crippen LogP contribution in [0.1, 0.15) is 5.56 Å². The fourth-order valence-corrected chi connectivity index (χ4v) is 1.59. The highest BCUT2D eigenvalue weighted by atomic mass is 32.2. The van der Waals surface area contributed by atoms with Crippen LogP contribution < -0.4 is 0 Å². The Kier molecular flexibility index (Phi) is 3.80. The van der Waals surface area contributed by atoms with E-state index in [-0.39, 0.29) is 0 Å². The van der Waals surface area contributed by atoms with Crippen LogP contribution in [-0.4, -0.2) is 12.3 Å². The zero-order valence-corrected chi connectivity index (χ0v) is 7.90. The number of rotatable bonds is 4. The molecule has 0 saturated carbocycles. The van der Waals surface area contributed by atoms with Crippen LogP contribution in [-0.2, 0) is 0 Å². The van der Waals surface area contributed by atoms with E-state index in [1.54, 1.807) is 11.8 Å². The molecule has 0 bridgehead atoms. The van der Waals surface area contributed by atoms with Crippen molar-refractivity contribution in [2.45, 2.75) is 11.8 Å². The summed E-state index contributed by atoms with van der Waals surface area (Å²) in [7, 11) is 0. The van der Waals surface area contributed by atoms with Gasteiger partial charge in [-0.1, -0.05) is 17.7 Å². The maximum atomic E-state index is 6.61. The number of hydrogen-bond donors (Lipinski definition) is 1. The second kappa shape index (κ2) is 4.93. The molecule has 0 saturated heterocycles. The molecule has 0 unspecified atom stereocenters. The maximum Gasteiger partial charge on any atom is 0.0690 e. The molecule has 0 aliphatic heterocycles. The van der Waals surface area contributed by atoms with E-state index in [1.807, 2.05) is 0 Å². The van der Waals surface area contributed by atoms with Gasteiger partial charge in [-0.15, -0.1) is 11.8 Å². The van der Waals surface area contributed by atoms with Crippen LogP contribution >= 0.6 is 11.8 Å². The molecule has 1 N–H and O–H groups in total. The summed E-state index contributed by atoms with van der Waals surface area (Å²) >= 11 is 1.74. The van der Waals surface area contributed by atoms with E-state index in [2.05, 4.69) is 36.3 Å². The van der Waals surface area contributed by atoms with Crippen molar-refractivity contribution in [3.05, 3.63) is 29.8 Å². The number of hydrogen-bond acceptors (Lipinski definition) is 3. The molecule has 0 radical (unpaired) electrons. The van der Waals surface area contributed by atoms with E-state index in [4.69, 9.17) is 5.53 Å². The maximum absolute atomic E-state index is 6.61. The standard InChI is InChI=1S/C9H12N2S/c1-8-2-4-9(5-3-8)12-7-6-11-10/h2-5,10H,6-7H2,1H3. The number of aryl methyl sites for hydroxylation is 1. The van der Waals surface area contributed by atoms with Crippen LogP contribution in [0.4, 0.5) is 0 Å². The van der Waals surface area contributed by atoms with Gasteiger partial charge in [0.1, 0.15) is 0 Å². The van der Waals surface area contributed by atoms with Gasteiger partial charge in [-0.25, -0.2) is 5.53 Å². The van der Waals surface area contributed by atoms with Gasteiger partial charge in [0.2, 0.25) is 0 Å². The second-order valence-corrected chi connectivity index (χ2v) is 3.71. The minimum atomic E-state index is 0.610. The Morgan fingerprint density at radius 1 is 1.33 bits per heavy atom. The minimum absolute atomic E-state index is 0.610. The van der Waals surface area contributed by atoms with Crippen molar-refractivity contribution < 1.29 is 0 Å². The lowest BCUT2D eigenvalue weighted by atomic mass is 10.2. The SMILES string of the molecule is Cc1ccc(SCCN=N)cc1. The fourth-order valence-electron chi connectivity index (χ4n) is 0.844. The molecule has 0 heterocycles. The number of nitrogens with one attached hydrogen (secondary N) is 1. The molecule has 0 aliphatic carbocycles. The first kappa shape index (κ1) is 9.26. The van der Waals surface area contributed by atoms with Crippen molar-refractivity contribution in [2.75, 3.05) is 12.3 Å². The zero-order chi connectivity index (χ0) is 8.81. The number of benzene rings is 1. The first-order chi connectivity index (χ1) is 5.83. The summed E-state index contributed by atoms with van der Waals surface area (Å²) in [4.78, 5) is 1.25. The van der Waals surface area contributed by atoms with Gasteiger partial charge in [-0.05, 0) is 19.1 Å². The summed E-state index contributed by atoms with van der Waals surface area (Å²) in [5, 5.41) is 3.30. The van der Waals surface area contributed by atoms with E-state index in [0.29, 0.717) is 6.54 Å². The molecule has 3 heteroatoms. The van der Waals surface area contributed by atoms with Crippen LogP contribution in [0.25, 0.3) is 0 Å². The van der Waals surface area contributed by atoms with Gasteiger partial charge in [-0.3, -0.25) is 0 Å². The third-order valence-corrected chi connectivity index (χ3v) is 2.48. The molecule has 2 nitrogen and oxygen atoms in total. The average Bonchev–Trinajstić information content (AvgIpc) is 2.09. The third kappa shape index (κ3) is 3.05. The van der Waals surface area contributed by atoms with Crippen LogP contribution in [0.15, 0.2) is 34.3 Å². The smallest absolute Gasteiger partial charge is 0.0690 e. The Balaban J connectivity index is 2.42. The molecular weight excluding hydrogens is 168 g/mol. The molecule has 0 aliphatic rings. The van der Waals surface area contributed by atoms with Gasteiger partial charge in [-0.2, -0.15) is 5.11 Å². The Morgan fingerprint density at radius 3 is 2.58 bits per heavy atom. The van der Waals surface area contributed by atoms with Crippen LogP contribution in [0, 0.1) is 12.5 Å². The lowest BCUT2D eigenvalue weighted by molar-refractivity contribution is 0.957. The highest BCUT2D eigenvalue weighted by Gasteiger charge is 1.91. The normalized spacial score (nSPS) is 9.75. The Morgan fingerprint density at radius 2 is 2.00 bits per heavy atom. The van der Waals surface area contributed by atoms with E-state index in [9.17, 15) is 0 Å². The first-order valence-corrected chi connectivity index (χ1v) is 4.84. The summed E-state index contributed by atoms with van der Waals surface area (Å²) in [6.07, 6.45) is 0. The summed E-state index contributed by atoms with van der Waals surface area (Å²) < 4.78 is 0. The van der Waals surface area contributed by atoms with E-state index in [1.165, 1.54) is 10.5 Å². The molecule has 0 spiro atoms. The fraction of sp³-hybridized carbons (Fsp3) is 0.333. The van der Waals surface area contributed by atoms with E-state index < -0.39 is 0 Å². The van der Waals surface area contributed by atoms with Gasteiger partial charge < -0.3 is 0 Å². The Hall–Kier alpha value is -0.830. The average molecular weight is 180 g/mol. The largest absolute Gasteiger partial charge is 0.210 e. The molecule has 64 valence electrons. The number of nitrogens with zero attached hydrogens (tertiary/aromatic N) is 1. The summed E-state index contributed by atoms with van der Waals surface area (Å²) in [6, 6.07) is 8.40. The van der Waals surface area contributed by atoms with Gasteiger partial charge in [0, 0.05) is 10.6 Å². The van der Waals surface area contributed by atoms with Crippen molar-refractivity contribution in [3.63, 3.8) is 0 Å². The van der Waals surface area contributed by atoms with E-state index in [0.717, 1.165) is 5.75 Å². The lowest BCUT2D eigenvalue weighted by Gasteiger charge is -1.98. The molecule has 0 atom stereocenters. The molecule has 0 fully saturated rings. The number of thioether (sulfide) groups is 1. The Labute approximate surface area is 76.9 Å². The molecule has 1 aromatic rings. The lowest BCUT2D eigenvalue weighted by Crippen LogP contribution is -1.82. The monoisotopic (exact) mass is 180 g/mol. The second-order valence-electron chi connectivity index (χ2n) is 2.54. The molecule has 0 amide bonds. The summed E-state index contributed by atoms with van der Waals surface area (Å²) in [5.74, 6) is 0.895. The quantitative estimate of drug-likeness (QED) is 0.431. The van der Waals surface area contributed by atoms with Crippen molar-refractivity contribution in [2.24, 2.45) is 5.11 Å². The van der Waals surface area contributed by atoms with Gasteiger partial charge in [0.15, 0.2) is 0 Å². The highest BCUT2D eigenvalue weighted by Crippen LogP contribution is 2.17. The van der Waals surface area contributed by atoms with Crippen LogP contribution in [0.2, 0.25) is 0 Å². The van der Waals surface area contributed by atoms with Crippen molar-refractivity contribution in [1.82, 2.24) is 0 Å². The molecule has 1 rings (SSSR count). The first-order valence-electron chi connectivity index (χ1n) is 3.85. The van der Waals surface area contributed by atoms with Crippen LogP contribution in [0.3, 0.4) is 0 Å². The van der Waals surface area contributed by atoms with Gasteiger partial charge in [0.05, 0.1) is 6.54 Å². The van der Waals surface area contributed by atoms with Crippen molar-refractivity contribution >= 4 is 11.8 Å². The highest BCUT2D eigenvalue weighted by molar-refractivity contribution is 7.99. The predicted molar refractivity (Wildman–Crippen MR) is 51.9 cm³/mol. The van der Waals surface area contributed by atoms with Crippen molar-refractivity contribution in [3.8, 4) is 0 Å². The van der Waals surface area contributed by atoms with Gasteiger partial charge >= 0.3 is 0 Å². The Bertz CT molecular complexity index is 243. The molecule has 0 aromatic heterocycles. The predicted octanol–water partition coefficient (Wildman–Crippen LogP) is 3.12. The topological polar surface area (TPSA) is 36.2 Å². The van der Waals surface area contributed by atoms with E-state index >= 15 is 0 Å². The molecule has 12 heavy (non-hydrogen) atoms. The third-order valence-electron chi connectivity index (χ3n) is 1.49.